The van der Waals surface area contributed by atoms with E-state index in [-0.39, 0.29) is 11.9 Å². The Morgan fingerprint density at radius 2 is 2.00 bits per heavy atom. The molecule has 0 spiro atoms. The van der Waals surface area contributed by atoms with Crippen molar-refractivity contribution >= 4 is 5.91 Å². The van der Waals surface area contributed by atoms with E-state index in [2.05, 4.69) is 17.1 Å². The number of hydrogen-bond donors (Lipinski definition) is 1. The fourth-order valence-electron chi connectivity index (χ4n) is 5.30. The highest BCUT2D eigenvalue weighted by atomic mass is 16.5. The number of nitrogens with one attached hydrogen (secondary N) is 1. The number of carbonyl (C=O) groups is 1. The van der Waals surface area contributed by atoms with Crippen LogP contribution in [0.2, 0.25) is 0 Å². The first-order chi connectivity index (χ1) is 15.2. The maximum absolute atomic E-state index is 13.2. The van der Waals surface area contributed by atoms with Gasteiger partial charge in [0.2, 0.25) is 0 Å². The quantitative estimate of drug-likeness (QED) is 0.711. The fraction of sp³-hybridized carbons (Fsp3) is 0.720. The normalized spacial score (nSPS) is 26.8. The van der Waals surface area contributed by atoms with E-state index in [9.17, 15) is 4.79 Å². The number of rotatable bonds is 7. The number of fused-ring (bicyclic) bond motifs is 1. The van der Waals surface area contributed by atoms with E-state index in [1.165, 1.54) is 32.1 Å². The van der Waals surface area contributed by atoms with Crippen molar-refractivity contribution in [3.8, 4) is 11.5 Å². The molecule has 1 aromatic carbocycles. The molecular formula is C25H38N2O4. The summed E-state index contributed by atoms with van der Waals surface area (Å²) in [4.78, 5) is 15.8. The van der Waals surface area contributed by atoms with Crippen LogP contribution in [0.25, 0.3) is 0 Å². The Labute approximate surface area is 186 Å². The van der Waals surface area contributed by atoms with Gasteiger partial charge in [0.05, 0.1) is 25.4 Å². The molecule has 0 aromatic heterocycles. The van der Waals surface area contributed by atoms with Gasteiger partial charge in [-0.2, -0.15) is 0 Å². The summed E-state index contributed by atoms with van der Waals surface area (Å²) in [6.45, 7) is 8.30. The lowest BCUT2D eigenvalue weighted by molar-refractivity contribution is 0.0547. The molecule has 4 rings (SSSR count). The molecule has 6 nitrogen and oxygen atoms in total. The third-order valence-corrected chi connectivity index (χ3v) is 6.90. The summed E-state index contributed by atoms with van der Waals surface area (Å²) in [5, 5.41) is 3.37. The van der Waals surface area contributed by atoms with E-state index in [0.717, 1.165) is 45.7 Å². The van der Waals surface area contributed by atoms with Crippen LogP contribution in [0.3, 0.4) is 0 Å². The first-order valence-electron chi connectivity index (χ1n) is 12.2. The summed E-state index contributed by atoms with van der Waals surface area (Å²) in [5.74, 6) is 2.39. The summed E-state index contributed by atoms with van der Waals surface area (Å²) < 4.78 is 17.3. The molecule has 1 aliphatic carbocycles. The van der Waals surface area contributed by atoms with Gasteiger partial charge in [-0.1, -0.05) is 18.9 Å². The molecule has 0 bridgehead atoms. The lowest BCUT2D eigenvalue weighted by Crippen LogP contribution is -2.48. The lowest BCUT2D eigenvalue weighted by Gasteiger charge is -2.39. The van der Waals surface area contributed by atoms with Gasteiger partial charge in [0, 0.05) is 32.2 Å². The highest BCUT2D eigenvalue weighted by Gasteiger charge is 2.31. The maximum Gasteiger partial charge on any atom is 0.255 e. The molecule has 3 atom stereocenters. The van der Waals surface area contributed by atoms with Crippen molar-refractivity contribution in [3.05, 3.63) is 23.8 Å². The van der Waals surface area contributed by atoms with Crippen LogP contribution in [-0.2, 0) is 4.74 Å². The summed E-state index contributed by atoms with van der Waals surface area (Å²) in [6, 6.07) is 5.84. The Kier molecular flexibility index (Phi) is 8.09. The Morgan fingerprint density at radius 1 is 1.13 bits per heavy atom. The largest absolute Gasteiger partial charge is 0.490 e. The highest BCUT2D eigenvalue weighted by Crippen LogP contribution is 2.34. The zero-order valence-electron chi connectivity index (χ0n) is 18.9. The molecule has 2 fully saturated rings. The van der Waals surface area contributed by atoms with E-state index in [0.29, 0.717) is 42.1 Å². The fourth-order valence-corrected chi connectivity index (χ4v) is 5.30. The van der Waals surface area contributed by atoms with Crippen molar-refractivity contribution in [2.75, 3.05) is 46.1 Å². The van der Waals surface area contributed by atoms with E-state index >= 15 is 0 Å². The minimum Gasteiger partial charge on any atom is -0.490 e. The first-order valence-corrected chi connectivity index (χ1v) is 12.2. The average Bonchev–Trinajstić information content (AvgIpc) is 3.05. The van der Waals surface area contributed by atoms with Crippen LogP contribution in [-0.4, -0.2) is 62.9 Å². The number of nitrogens with zero attached hydrogens (tertiary/aromatic N) is 1. The number of piperidine rings is 1. The molecule has 3 aliphatic rings. The van der Waals surface area contributed by atoms with Crippen molar-refractivity contribution in [2.45, 2.75) is 57.9 Å². The summed E-state index contributed by atoms with van der Waals surface area (Å²) in [7, 11) is 0. The van der Waals surface area contributed by atoms with Gasteiger partial charge in [-0.25, -0.2) is 0 Å². The smallest absolute Gasteiger partial charge is 0.255 e. The molecule has 1 saturated heterocycles. The summed E-state index contributed by atoms with van der Waals surface area (Å²) in [6.07, 6.45) is 8.02. The SMILES string of the molecule is CCOC[C@@H]1CCCN(C[C@H]2CCCC[C@@H]2NC(=O)c2cccc3c2OCCCO3)C1. The average molecular weight is 431 g/mol. The monoisotopic (exact) mass is 430 g/mol. The van der Waals surface area contributed by atoms with Gasteiger partial charge in [0.15, 0.2) is 11.5 Å². The van der Waals surface area contributed by atoms with Gasteiger partial charge >= 0.3 is 0 Å². The number of likely N-dealkylation sites (tertiary alicyclic amines) is 1. The molecule has 172 valence electrons. The first kappa shape index (κ1) is 22.4. The topological polar surface area (TPSA) is 60.0 Å². The second-order valence-electron chi connectivity index (χ2n) is 9.24. The summed E-state index contributed by atoms with van der Waals surface area (Å²) in [5.41, 5.74) is 0.596. The number of hydrogen-bond acceptors (Lipinski definition) is 5. The third-order valence-electron chi connectivity index (χ3n) is 6.90. The van der Waals surface area contributed by atoms with Gasteiger partial charge in [-0.05, 0) is 63.1 Å². The van der Waals surface area contributed by atoms with Crippen LogP contribution in [0.4, 0.5) is 0 Å². The number of ether oxygens (including phenoxy) is 3. The van der Waals surface area contributed by atoms with Crippen LogP contribution in [0, 0.1) is 11.8 Å². The summed E-state index contributed by atoms with van der Waals surface area (Å²) >= 11 is 0. The minimum atomic E-state index is -0.0351. The maximum atomic E-state index is 13.2. The van der Waals surface area contributed by atoms with Crippen LogP contribution in [0.1, 0.15) is 62.2 Å². The Balaban J connectivity index is 1.38. The molecule has 1 N–H and O–H groups in total. The predicted octanol–water partition coefficient (Wildman–Crippen LogP) is 3.89. The van der Waals surface area contributed by atoms with Crippen LogP contribution in [0.15, 0.2) is 18.2 Å². The number of benzene rings is 1. The van der Waals surface area contributed by atoms with Crippen LogP contribution < -0.4 is 14.8 Å². The Hall–Kier alpha value is -1.79. The number of para-hydroxylation sites is 1. The van der Waals surface area contributed by atoms with Crippen molar-refractivity contribution in [3.63, 3.8) is 0 Å². The van der Waals surface area contributed by atoms with Gasteiger partial charge in [0.1, 0.15) is 0 Å². The molecular weight excluding hydrogens is 392 g/mol. The third kappa shape index (κ3) is 5.92. The number of carbonyl (C=O) groups excluding carboxylic acids is 1. The van der Waals surface area contributed by atoms with Gasteiger partial charge in [0.25, 0.3) is 5.91 Å². The zero-order chi connectivity index (χ0) is 21.5. The lowest BCUT2D eigenvalue weighted by atomic mass is 9.83. The molecule has 2 heterocycles. The minimum absolute atomic E-state index is 0.0351. The molecule has 0 radical (unpaired) electrons. The molecule has 6 heteroatoms. The van der Waals surface area contributed by atoms with Gasteiger partial charge in [-0.3, -0.25) is 4.79 Å². The van der Waals surface area contributed by atoms with Crippen molar-refractivity contribution in [1.29, 1.82) is 0 Å². The van der Waals surface area contributed by atoms with Crippen molar-refractivity contribution in [1.82, 2.24) is 10.2 Å². The van der Waals surface area contributed by atoms with Crippen LogP contribution >= 0.6 is 0 Å². The second kappa shape index (κ2) is 11.2. The molecule has 1 saturated carbocycles. The highest BCUT2D eigenvalue weighted by molar-refractivity contribution is 5.98. The van der Waals surface area contributed by atoms with Crippen molar-refractivity contribution < 1.29 is 19.0 Å². The predicted molar refractivity (Wildman–Crippen MR) is 121 cm³/mol. The number of amides is 1. The van der Waals surface area contributed by atoms with E-state index in [4.69, 9.17) is 14.2 Å². The second-order valence-corrected chi connectivity index (χ2v) is 9.24. The van der Waals surface area contributed by atoms with Gasteiger partial charge in [-0.15, -0.1) is 0 Å². The van der Waals surface area contributed by atoms with Gasteiger partial charge < -0.3 is 24.4 Å². The molecule has 1 aromatic rings. The standard InChI is InChI=1S/C25H38N2O4/c1-2-29-18-19-8-6-13-27(16-19)17-20-9-3-4-11-22(20)26-25(28)21-10-5-12-23-24(21)31-15-7-14-30-23/h5,10,12,19-20,22H,2-4,6-9,11,13-18H2,1H3,(H,26,28)/t19-,20-,22+/m1/s1. The molecule has 1 amide bonds. The van der Waals surface area contributed by atoms with E-state index in [1.807, 2.05) is 18.2 Å². The molecule has 31 heavy (non-hydrogen) atoms. The Bertz CT molecular complexity index is 725. The van der Waals surface area contributed by atoms with E-state index in [1.54, 1.807) is 0 Å². The Morgan fingerprint density at radius 3 is 2.90 bits per heavy atom. The molecule has 2 aliphatic heterocycles. The van der Waals surface area contributed by atoms with Crippen molar-refractivity contribution in [2.24, 2.45) is 11.8 Å². The van der Waals surface area contributed by atoms with E-state index < -0.39 is 0 Å². The molecule has 0 unspecified atom stereocenters. The zero-order valence-corrected chi connectivity index (χ0v) is 18.9. The van der Waals surface area contributed by atoms with Crippen LogP contribution in [0.5, 0.6) is 11.5 Å².